The van der Waals surface area contributed by atoms with Crippen molar-refractivity contribution in [1.82, 2.24) is 10.2 Å². The van der Waals surface area contributed by atoms with Crippen LogP contribution in [0.5, 0.6) is 5.75 Å². The molecule has 0 unspecified atom stereocenters. The smallest absolute Gasteiger partial charge is 0.274 e. The highest BCUT2D eigenvalue weighted by Crippen LogP contribution is 2.30. The lowest BCUT2D eigenvalue weighted by Crippen LogP contribution is -2.23. The summed E-state index contributed by atoms with van der Waals surface area (Å²) in [6.07, 6.45) is 0. The highest BCUT2D eigenvalue weighted by Gasteiger charge is 2.12. The summed E-state index contributed by atoms with van der Waals surface area (Å²) in [5.41, 5.74) is 6.37. The Morgan fingerprint density at radius 3 is 2.84 bits per heavy atom. The van der Waals surface area contributed by atoms with Crippen molar-refractivity contribution in [1.29, 1.82) is 0 Å². The van der Waals surface area contributed by atoms with Crippen molar-refractivity contribution < 1.29 is 4.74 Å². The molecule has 98 valence electrons. The molecule has 5 nitrogen and oxygen atoms in total. The molecule has 0 saturated carbocycles. The van der Waals surface area contributed by atoms with E-state index in [1.54, 1.807) is 18.2 Å². The van der Waals surface area contributed by atoms with E-state index in [1.165, 1.54) is 13.2 Å². The minimum absolute atomic E-state index is 0.00546. The minimum atomic E-state index is -0.433. The van der Waals surface area contributed by atoms with Crippen LogP contribution in [0.4, 0.5) is 0 Å². The standard InChI is InChI=1S/C12H10ClN3O2S/c1-18-10-3-2-6(13)4-7(10)9-5-8(11(14)19)12(17)16-15-9/h2-5H,1H3,(H2,14,19)(H,16,17). The molecule has 1 heterocycles. The van der Waals surface area contributed by atoms with Gasteiger partial charge in [0.1, 0.15) is 10.7 Å². The predicted molar refractivity (Wildman–Crippen MR) is 77.7 cm³/mol. The summed E-state index contributed by atoms with van der Waals surface area (Å²) in [7, 11) is 1.53. The maximum atomic E-state index is 11.5. The molecule has 0 aliphatic rings. The SMILES string of the molecule is COc1ccc(Cl)cc1-c1cc(C(N)=S)c(=O)[nH]n1. The number of hydrogen-bond donors (Lipinski definition) is 2. The molecule has 0 atom stereocenters. The summed E-state index contributed by atoms with van der Waals surface area (Å²) in [5, 5.41) is 6.83. The Morgan fingerprint density at radius 2 is 2.21 bits per heavy atom. The number of H-pyrrole nitrogens is 1. The quantitative estimate of drug-likeness (QED) is 0.843. The number of ether oxygens (including phenoxy) is 1. The van der Waals surface area contributed by atoms with Crippen LogP contribution in [0.1, 0.15) is 5.56 Å². The normalized spacial score (nSPS) is 10.2. The molecule has 7 heteroatoms. The zero-order valence-corrected chi connectivity index (χ0v) is 11.5. The van der Waals surface area contributed by atoms with Gasteiger partial charge in [-0.2, -0.15) is 5.10 Å². The van der Waals surface area contributed by atoms with Gasteiger partial charge in [-0.25, -0.2) is 5.10 Å². The van der Waals surface area contributed by atoms with Crippen molar-refractivity contribution in [2.45, 2.75) is 0 Å². The molecular formula is C12H10ClN3O2S. The van der Waals surface area contributed by atoms with Crippen LogP contribution in [0.2, 0.25) is 5.02 Å². The predicted octanol–water partition coefficient (Wildman–Crippen LogP) is 1.73. The summed E-state index contributed by atoms with van der Waals surface area (Å²) in [4.78, 5) is 11.5. The molecule has 0 amide bonds. The summed E-state index contributed by atoms with van der Waals surface area (Å²) in [6.45, 7) is 0. The summed E-state index contributed by atoms with van der Waals surface area (Å²) >= 11 is 10.8. The monoisotopic (exact) mass is 295 g/mol. The van der Waals surface area contributed by atoms with Crippen LogP contribution in [0.25, 0.3) is 11.3 Å². The first-order valence-electron chi connectivity index (χ1n) is 5.26. The molecule has 0 saturated heterocycles. The topological polar surface area (TPSA) is 81.0 Å². The summed E-state index contributed by atoms with van der Waals surface area (Å²) < 4.78 is 5.23. The second-order valence-electron chi connectivity index (χ2n) is 3.70. The Morgan fingerprint density at radius 1 is 1.47 bits per heavy atom. The minimum Gasteiger partial charge on any atom is -0.496 e. The number of rotatable bonds is 3. The number of methoxy groups -OCH3 is 1. The molecule has 3 N–H and O–H groups in total. The van der Waals surface area contributed by atoms with E-state index in [0.717, 1.165) is 0 Å². The van der Waals surface area contributed by atoms with Crippen LogP contribution in [0, 0.1) is 0 Å². The Balaban J connectivity index is 2.65. The number of thiocarbonyl (C=S) groups is 1. The van der Waals surface area contributed by atoms with Gasteiger partial charge >= 0.3 is 0 Å². The fourth-order valence-electron chi connectivity index (χ4n) is 1.61. The number of benzene rings is 1. The lowest BCUT2D eigenvalue weighted by Gasteiger charge is -2.08. The largest absolute Gasteiger partial charge is 0.496 e. The van der Waals surface area contributed by atoms with Gasteiger partial charge in [0.2, 0.25) is 0 Å². The Hall–Kier alpha value is -1.92. The van der Waals surface area contributed by atoms with E-state index < -0.39 is 5.56 Å². The van der Waals surface area contributed by atoms with Gasteiger partial charge in [-0.3, -0.25) is 4.79 Å². The zero-order chi connectivity index (χ0) is 14.0. The lowest BCUT2D eigenvalue weighted by atomic mass is 10.1. The molecule has 0 aliphatic carbocycles. The van der Waals surface area contributed by atoms with Gasteiger partial charge in [-0.15, -0.1) is 0 Å². The maximum Gasteiger partial charge on any atom is 0.274 e. The zero-order valence-electron chi connectivity index (χ0n) is 9.94. The molecule has 1 aromatic heterocycles. The second-order valence-corrected chi connectivity index (χ2v) is 4.58. The molecule has 0 radical (unpaired) electrons. The Labute approximate surface area is 119 Å². The lowest BCUT2D eigenvalue weighted by molar-refractivity contribution is 0.416. The highest BCUT2D eigenvalue weighted by molar-refractivity contribution is 7.80. The van der Waals surface area contributed by atoms with Crippen molar-refractivity contribution in [3.05, 3.63) is 45.2 Å². The van der Waals surface area contributed by atoms with E-state index in [0.29, 0.717) is 22.0 Å². The number of aromatic amines is 1. The molecule has 0 fully saturated rings. The van der Waals surface area contributed by atoms with Crippen LogP contribution < -0.4 is 16.0 Å². The molecule has 2 rings (SSSR count). The van der Waals surface area contributed by atoms with Gasteiger partial charge < -0.3 is 10.5 Å². The van der Waals surface area contributed by atoms with Crippen LogP contribution in [-0.4, -0.2) is 22.3 Å². The molecule has 0 bridgehead atoms. The number of halogens is 1. The van der Waals surface area contributed by atoms with E-state index in [4.69, 9.17) is 34.3 Å². The van der Waals surface area contributed by atoms with E-state index in [-0.39, 0.29) is 10.6 Å². The summed E-state index contributed by atoms with van der Waals surface area (Å²) in [6, 6.07) is 6.61. The summed E-state index contributed by atoms with van der Waals surface area (Å²) in [5.74, 6) is 0.581. The second kappa shape index (κ2) is 5.38. The average molecular weight is 296 g/mol. The number of aromatic nitrogens is 2. The van der Waals surface area contributed by atoms with Crippen LogP contribution in [0.3, 0.4) is 0 Å². The van der Waals surface area contributed by atoms with Crippen LogP contribution >= 0.6 is 23.8 Å². The number of nitrogens with zero attached hydrogens (tertiary/aromatic N) is 1. The van der Waals surface area contributed by atoms with E-state index in [9.17, 15) is 4.79 Å². The first kappa shape index (κ1) is 13.5. The van der Waals surface area contributed by atoms with Gasteiger partial charge in [0, 0.05) is 10.6 Å². The van der Waals surface area contributed by atoms with Crippen molar-refractivity contribution >= 4 is 28.8 Å². The molecule has 2 aromatic rings. The Bertz CT molecular complexity index is 700. The average Bonchev–Trinajstić information content (AvgIpc) is 2.39. The van der Waals surface area contributed by atoms with E-state index in [2.05, 4.69) is 10.2 Å². The maximum absolute atomic E-state index is 11.5. The van der Waals surface area contributed by atoms with Gasteiger partial charge in [0.15, 0.2) is 0 Å². The third-order valence-corrected chi connectivity index (χ3v) is 2.96. The third-order valence-electron chi connectivity index (χ3n) is 2.51. The first-order chi connectivity index (χ1) is 9.02. The molecule has 1 aromatic carbocycles. The number of nitrogens with two attached hydrogens (primary N) is 1. The van der Waals surface area contributed by atoms with E-state index in [1.807, 2.05) is 0 Å². The molecule has 0 spiro atoms. The fourth-order valence-corrected chi connectivity index (χ4v) is 1.93. The van der Waals surface area contributed by atoms with Gasteiger partial charge in [-0.05, 0) is 24.3 Å². The number of nitrogens with one attached hydrogen (secondary N) is 1. The van der Waals surface area contributed by atoms with Crippen molar-refractivity contribution in [2.75, 3.05) is 7.11 Å². The first-order valence-corrected chi connectivity index (χ1v) is 6.05. The molecule has 0 aliphatic heterocycles. The Kier molecular flexibility index (Phi) is 3.82. The van der Waals surface area contributed by atoms with Gasteiger partial charge in [0.05, 0.1) is 18.4 Å². The van der Waals surface area contributed by atoms with Crippen molar-refractivity contribution in [3.8, 4) is 17.0 Å². The van der Waals surface area contributed by atoms with Crippen molar-refractivity contribution in [2.24, 2.45) is 5.73 Å². The van der Waals surface area contributed by atoms with Crippen molar-refractivity contribution in [3.63, 3.8) is 0 Å². The molecule has 19 heavy (non-hydrogen) atoms. The highest BCUT2D eigenvalue weighted by atomic mass is 35.5. The fraction of sp³-hybridized carbons (Fsp3) is 0.0833. The van der Waals surface area contributed by atoms with Crippen LogP contribution in [-0.2, 0) is 0 Å². The van der Waals surface area contributed by atoms with Gasteiger partial charge in [0.25, 0.3) is 5.56 Å². The van der Waals surface area contributed by atoms with E-state index >= 15 is 0 Å². The number of hydrogen-bond acceptors (Lipinski definition) is 4. The molecular weight excluding hydrogens is 286 g/mol. The van der Waals surface area contributed by atoms with Gasteiger partial charge in [-0.1, -0.05) is 23.8 Å². The van der Waals surface area contributed by atoms with Crippen LogP contribution in [0.15, 0.2) is 29.1 Å². The third kappa shape index (κ3) is 2.74.